The lowest BCUT2D eigenvalue weighted by molar-refractivity contribution is 0.413. The van der Waals surface area contributed by atoms with Crippen LogP contribution in [0.15, 0.2) is 54.6 Å². The molecule has 0 unspecified atom stereocenters. The van der Waals surface area contributed by atoms with Crippen LogP contribution in [0.25, 0.3) is 21.5 Å². The van der Waals surface area contributed by atoms with Gasteiger partial charge in [-0.15, -0.1) is 0 Å². The van der Waals surface area contributed by atoms with Gasteiger partial charge in [-0.3, -0.25) is 0 Å². The van der Waals surface area contributed by atoms with Crippen LogP contribution in [-0.2, 0) is 6.42 Å². The Labute approximate surface area is 115 Å². The Morgan fingerprint density at radius 3 is 2.21 bits per heavy atom. The Hall–Kier alpha value is -1.82. The van der Waals surface area contributed by atoms with Gasteiger partial charge in [0.25, 0.3) is 0 Å². The van der Waals surface area contributed by atoms with E-state index in [1.165, 1.54) is 27.1 Å². The molecule has 0 saturated heterocycles. The molecule has 0 aliphatic rings. The molecule has 0 atom stereocenters. The molecule has 0 radical (unpaired) electrons. The summed E-state index contributed by atoms with van der Waals surface area (Å²) in [7, 11) is 0. The molecule has 0 amide bonds. The van der Waals surface area contributed by atoms with Gasteiger partial charge in [-0.05, 0) is 38.9 Å². The van der Waals surface area contributed by atoms with Gasteiger partial charge in [0.1, 0.15) is 0 Å². The topological polar surface area (TPSA) is 0 Å². The first-order valence-corrected chi connectivity index (χ1v) is 6.94. The van der Waals surface area contributed by atoms with Crippen molar-refractivity contribution >= 4 is 21.5 Å². The van der Waals surface area contributed by atoms with Crippen LogP contribution in [0.1, 0.15) is 26.3 Å². The van der Waals surface area contributed by atoms with Crippen molar-refractivity contribution in [3.8, 4) is 0 Å². The van der Waals surface area contributed by atoms with E-state index in [1.54, 1.807) is 0 Å². The summed E-state index contributed by atoms with van der Waals surface area (Å²) in [4.78, 5) is 0. The van der Waals surface area contributed by atoms with Crippen molar-refractivity contribution in [1.29, 1.82) is 0 Å². The quantitative estimate of drug-likeness (QED) is 0.493. The zero-order chi connectivity index (χ0) is 13.5. The van der Waals surface area contributed by atoms with E-state index in [0.717, 1.165) is 6.42 Å². The first-order chi connectivity index (χ1) is 9.04. The Bertz CT molecular complexity index is 730. The van der Waals surface area contributed by atoms with Crippen molar-refractivity contribution in [2.45, 2.75) is 27.2 Å². The summed E-state index contributed by atoms with van der Waals surface area (Å²) in [5.74, 6) is 0. The Morgan fingerprint density at radius 2 is 1.42 bits per heavy atom. The van der Waals surface area contributed by atoms with E-state index in [2.05, 4.69) is 75.4 Å². The SMILES string of the molecule is CC(C)(C)Cc1cccc2ccc3ccccc3c12. The van der Waals surface area contributed by atoms with Crippen LogP contribution in [0.4, 0.5) is 0 Å². The summed E-state index contributed by atoms with van der Waals surface area (Å²) in [5.41, 5.74) is 1.77. The molecule has 0 aliphatic carbocycles. The fourth-order valence-electron chi connectivity index (χ4n) is 2.86. The molecule has 0 heteroatoms. The number of fused-ring (bicyclic) bond motifs is 3. The molecule has 3 rings (SSSR count). The van der Waals surface area contributed by atoms with E-state index < -0.39 is 0 Å². The first-order valence-electron chi connectivity index (χ1n) is 6.94. The summed E-state index contributed by atoms with van der Waals surface area (Å²) in [5, 5.41) is 5.48. The monoisotopic (exact) mass is 248 g/mol. The fraction of sp³-hybridized carbons (Fsp3) is 0.263. The highest BCUT2D eigenvalue weighted by Crippen LogP contribution is 2.31. The van der Waals surface area contributed by atoms with Gasteiger partial charge in [0.2, 0.25) is 0 Å². The Balaban J connectivity index is 2.36. The summed E-state index contributed by atoms with van der Waals surface area (Å²) < 4.78 is 0. The lowest BCUT2D eigenvalue weighted by Gasteiger charge is -2.20. The third-order valence-corrected chi connectivity index (χ3v) is 3.58. The van der Waals surface area contributed by atoms with Crippen molar-refractivity contribution in [3.05, 3.63) is 60.2 Å². The minimum absolute atomic E-state index is 0.311. The molecule has 0 aromatic heterocycles. The van der Waals surface area contributed by atoms with Crippen LogP contribution < -0.4 is 0 Å². The number of rotatable bonds is 1. The zero-order valence-corrected chi connectivity index (χ0v) is 11.9. The van der Waals surface area contributed by atoms with Crippen molar-refractivity contribution < 1.29 is 0 Å². The minimum Gasteiger partial charge on any atom is -0.0616 e. The average molecular weight is 248 g/mol. The molecular formula is C19H20. The zero-order valence-electron chi connectivity index (χ0n) is 11.9. The van der Waals surface area contributed by atoms with E-state index in [9.17, 15) is 0 Å². The van der Waals surface area contributed by atoms with Gasteiger partial charge >= 0.3 is 0 Å². The largest absolute Gasteiger partial charge is 0.0616 e. The smallest absolute Gasteiger partial charge is 0.00731 e. The van der Waals surface area contributed by atoms with Crippen LogP contribution in [0, 0.1) is 5.41 Å². The molecule has 0 nitrogen and oxygen atoms in total. The molecule has 3 aromatic rings. The average Bonchev–Trinajstić information content (AvgIpc) is 2.37. The number of hydrogen-bond donors (Lipinski definition) is 0. The van der Waals surface area contributed by atoms with Gasteiger partial charge in [-0.25, -0.2) is 0 Å². The number of benzene rings is 3. The molecule has 0 saturated carbocycles. The molecule has 0 N–H and O–H groups in total. The van der Waals surface area contributed by atoms with Gasteiger partial charge in [-0.1, -0.05) is 75.4 Å². The molecule has 96 valence electrons. The normalized spacial score (nSPS) is 12.2. The van der Waals surface area contributed by atoms with Gasteiger partial charge < -0.3 is 0 Å². The Morgan fingerprint density at radius 1 is 0.737 bits per heavy atom. The minimum atomic E-state index is 0.311. The maximum atomic E-state index is 2.30. The third kappa shape index (κ3) is 2.35. The molecule has 19 heavy (non-hydrogen) atoms. The predicted molar refractivity (Wildman–Crippen MR) is 84.6 cm³/mol. The van der Waals surface area contributed by atoms with Crippen molar-refractivity contribution in [2.24, 2.45) is 5.41 Å². The van der Waals surface area contributed by atoms with Crippen molar-refractivity contribution in [2.75, 3.05) is 0 Å². The van der Waals surface area contributed by atoms with E-state index in [4.69, 9.17) is 0 Å². The highest BCUT2D eigenvalue weighted by Gasteiger charge is 2.14. The molecule has 0 aliphatic heterocycles. The summed E-state index contributed by atoms with van der Waals surface area (Å²) in [6.45, 7) is 6.91. The molecule has 3 aromatic carbocycles. The van der Waals surface area contributed by atoms with Gasteiger partial charge in [0.05, 0.1) is 0 Å². The molecule has 0 bridgehead atoms. The second-order valence-corrected chi connectivity index (χ2v) is 6.54. The van der Waals surface area contributed by atoms with E-state index in [-0.39, 0.29) is 0 Å². The summed E-state index contributed by atoms with van der Waals surface area (Å²) in [6, 6.07) is 19.8. The Kier molecular flexibility index (Phi) is 2.82. The molecule has 0 heterocycles. The predicted octanol–water partition coefficient (Wildman–Crippen LogP) is 5.58. The maximum absolute atomic E-state index is 2.30. The molecular weight excluding hydrogens is 228 g/mol. The molecule has 0 fully saturated rings. The fourth-order valence-corrected chi connectivity index (χ4v) is 2.86. The highest BCUT2D eigenvalue weighted by atomic mass is 14.2. The standard InChI is InChI=1S/C19H20/c1-19(2,3)13-16-9-6-8-15-12-11-14-7-4-5-10-17(14)18(15)16/h4-12H,13H2,1-3H3. The van der Waals surface area contributed by atoms with Crippen LogP contribution in [0.3, 0.4) is 0 Å². The van der Waals surface area contributed by atoms with Gasteiger partial charge in [0, 0.05) is 0 Å². The number of hydrogen-bond acceptors (Lipinski definition) is 0. The van der Waals surface area contributed by atoms with Crippen LogP contribution >= 0.6 is 0 Å². The van der Waals surface area contributed by atoms with Crippen molar-refractivity contribution in [3.63, 3.8) is 0 Å². The second-order valence-electron chi connectivity index (χ2n) is 6.54. The third-order valence-electron chi connectivity index (χ3n) is 3.58. The van der Waals surface area contributed by atoms with Crippen LogP contribution in [0.5, 0.6) is 0 Å². The lowest BCUT2D eigenvalue weighted by Crippen LogP contribution is -2.09. The summed E-state index contributed by atoms with van der Waals surface area (Å²) >= 11 is 0. The first kappa shape index (κ1) is 12.2. The molecule has 0 spiro atoms. The van der Waals surface area contributed by atoms with Crippen molar-refractivity contribution in [1.82, 2.24) is 0 Å². The van der Waals surface area contributed by atoms with Crippen LogP contribution in [0.2, 0.25) is 0 Å². The van der Waals surface area contributed by atoms with E-state index in [0.29, 0.717) is 5.41 Å². The summed E-state index contributed by atoms with van der Waals surface area (Å²) in [6.07, 6.45) is 1.11. The maximum Gasteiger partial charge on any atom is -0.00731 e. The van der Waals surface area contributed by atoms with Gasteiger partial charge in [0.15, 0.2) is 0 Å². The second kappa shape index (κ2) is 4.38. The lowest BCUT2D eigenvalue weighted by atomic mass is 9.85. The van der Waals surface area contributed by atoms with E-state index >= 15 is 0 Å². The highest BCUT2D eigenvalue weighted by molar-refractivity contribution is 6.09. The van der Waals surface area contributed by atoms with Crippen LogP contribution in [-0.4, -0.2) is 0 Å². The van der Waals surface area contributed by atoms with E-state index in [1.807, 2.05) is 0 Å². The van der Waals surface area contributed by atoms with Gasteiger partial charge in [-0.2, -0.15) is 0 Å².